The molecule has 1 heterocycles. The minimum atomic E-state index is -3.17. The van der Waals surface area contributed by atoms with Crippen molar-refractivity contribution in [3.05, 3.63) is 29.8 Å². The van der Waals surface area contributed by atoms with Crippen molar-refractivity contribution >= 4 is 21.4 Å². The van der Waals surface area contributed by atoms with E-state index >= 15 is 0 Å². The maximum atomic E-state index is 11.5. The lowest BCUT2D eigenvalue weighted by Gasteiger charge is -2.21. The van der Waals surface area contributed by atoms with Crippen molar-refractivity contribution in [1.82, 2.24) is 5.32 Å². The first-order valence-electron chi connectivity index (χ1n) is 6.79. The van der Waals surface area contributed by atoms with E-state index in [2.05, 4.69) is 10.6 Å². The Morgan fingerprint density at radius 1 is 1.38 bits per heavy atom. The Hall–Kier alpha value is -1.44. The lowest BCUT2D eigenvalue weighted by atomic mass is 10.1. The highest BCUT2D eigenvalue weighted by atomic mass is 32.2. The number of nitrogens with one attached hydrogen (secondary N) is 2. The van der Waals surface area contributed by atoms with E-state index in [1.165, 1.54) is 6.92 Å². The molecule has 0 saturated carbocycles. The van der Waals surface area contributed by atoms with Crippen LogP contribution in [0.4, 0.5) is 5.69 Å². The van der Waals surface area contributed by atoms with Crippen LogP contribution in [0.5, 0.6) is 0 Å². The van der Waals surface area contributed by atoms with Gasteiger partial charge in [0.25, 0.3) is 0 Å². The van der Waals surface area contributed by atoms with Crippen LogP contribution in [0.1, 0.15) is 25.5 Å². The molecule has 7 heteroatoms. The van der Waals surface area contributed by atoms with Gasteiger partial charge in [0.05, 0.1) is 17.6 Å². The van der Waals surface area contributed by atoms with Crippen LogP contribution in [-0.4, -0.2) is 43.1 Å². The van der Waals surface area contributed by atoms with Gasteiger partial charge in [0, 0.05) is 24.7 Å². The van der Waals surface area contributed by atoms with Gasteiger partial charge in [0.1, 0.15) is 0 Å². The summed E-state index contributed by atoms with van der Waals surface area (Å²) < 4.78 is 23.0. The summed E-state index contributed by atoms with van der Waals surface area (Å²) in [5.74, 6) is -0.391. The van der Waals surface area contributed by atoms with Crippen LogP contribution in [0.25, 0.3) is 0 Å². The molecule has 0 bridgehead atoms. The number of carbonyl (C=O) groups is 1. The minimum absolute atomic E-state index is 0.0517. The molecular weight excluding hydrogens is 292 g/mol. The zero-order valence-electron chi connectivity index (χ0n) is 12.0. The molecule has 1 fully saturated rings. The Morgan fingerprint density at radius 3 is 2.67 bits per heavy atom. The second-order valence-corrected chi connectivity index (χ2v) is 7.60. The Kier molecular flexibility index (Phi) is 4.65. The summed E-state index contributed by atoms with van der Waals surface area (Å²) in [4.78, 5) is 11.1. The summed E-state index contributed by atoms with van der Waals surface area (Å²) in [5.41, 5.74) is 1.60. The molecule has 0 aliphatic carbocycles. The lowest BCUT2D eigenvalue weighted by molar-refractivity contribution is -0.114. The number of benzene rings is 1. The first-order chi connectivity index (χ1) is 9.77. The van der Waals surface area contributed by atoms with Crippen LogP contribution < -0.4 is 10.6 Å². The quantitative estimate of drug-likeness (QED) is 0.750. The number of aliphatic hydroxyl groups excluding tert-OH is 1. The van der Waals surface area contributed by atoms with Gasteiger partial charge in [0.15, 0.2) is 9.84 Å². The van der Waals surface area contributed by atoms with Crippen LogP contribution in [0.15, 0.2) is 24.3 Å². The highest BCUT2D eigenvalue weighted by Gasteiger charge is 2.36. The Morgan fingerprint density at radius 2 is 2.10 bits per heavy atom. The average molecular weight is 312 g/mol. The molecule has 6 nitrogen and oxygen atoms in total. The number of anilines is 1. The smallest absolute Gasteiger partial charge is 0.221 e. The van der Waals surface area contributed by atoms with Gasteiger partial charge in [-0.3, -0.25) is 4.79 Å². The van der Waals surface area contributed by atoms with Gasteiger partial charge >= 0.3 is 0 Å². The summed E-state index contributed by atoms with van der Waals surface area (Å²) >= 11 is 0. The topological polar surface area (TPSA) is 95.5 Å². The number of rotatable bonds is 4. The first kappa shape index (κ1) is 15.9. The monoisotopic (exact) mass is 312 g/mol. The van der Waals surface area contributed by atoms with E-state index < -0.39 is 22.0 Å². The molecule has 1 aromatic carbocycles. The van der Waals surface area contributed by atoms with Crippen molar-refractivity contribution in [3.63, 3.8) is 0 Å². The molecule has 116 valence electrons. The second kappa shape index (κ2) is 6.13. The number of amides is 1. The van der Waals surface area contributed by atoms with Crippen LogP contribution in [0.2, 0.25) is 0 Å². The molecule has 0 aromatic heterocycles. The van der Waals surface area contributed by atoms with E-state index in [0.29, 0.717) is 5.69 Å². The molecule has 1 saturated heterocycles. The molecule has 1 amide bonds. The highest BCUT2D eigenvalue weighted by Crippen LogP contribution is 2.21. The maximum absolute atomic E-state index is 11.5. The van der Waals surface area contributed by atoms with E-state index in [1.54, 1.807) is 6.07 Å². The predicted octanol–water partition coefficient (Wildman–Crippen LogP) is 0.453. The van der Waals surface area contributed by atoms with E-state index in [4.69, 9.17) is 0 Å². The van der Waals surface area contributed by atoms with E-state index in [-0.39, 0.29) is 23.5 Å². The van der Waals surface area contributed by atoms with Gasteiger partial charge in [0.2, 0.25) is 5.91 Å². The summed E-state index contributed by atoms with van der Waals surface area (Å²) in [5, 5.41) is 15.6. The molecule has 21 heavy (non-hydrogen) atoms. The number of sulfone groups is 1. The van der Waals surface area contributed by atoms with Gasteiger partial charge in [-0.2, -0.15) is 0 Å². The Labute approximate surface area is 124 Å². The molecule has 0 spiro atoms. The standard InChI is InChI=1S/C14H20N2O4S/c1-9(15-13-7-21(19,20)8-14(13)18)11-4-3-5-12(6-11)16-10(2)17/h3-6,9,13-15,18H,7-8H2,1-2H3,(H,16,17). The summed E-state index contributed by atoms with van der Waals surface area (Å²) in [7, 11) is -3.17. The van der Waals surface area contributed by atoms with E-state index in [1.807, 2.05) is 25.1 Å². The third-order valence-electron chi connectivity index (χ3n) is 3.49. The van der Waals surface area contributed by atoms with Gasteiger partial charge in [-0.05, 0) is 24.6 Å². The van der Waals surface area contributed by atoms with Crippen LogP contribution >= 0.6 is 0 Å². The summed E-state index contributed by atoms with van der Waals surface area (Å²) in [6, 6.07) is 6.72. The molecule has 1 aliphatic heterocycles. The van der Waals surface area contributed by atoms with Crippen molar-refractivity contribution in [2.75, 3.05) is 16.8 Å². The Bertz CT molecular complexity index is 630. The zero-order valence-corrected chi connectivity index (χ0v) is 12.9. The maximum Gasteiger partial charge on any atom is 0.221 e. The Balaban J connectivity index is 2.07. The summed E-state index contributed by atoms with van der Waals surface area (Å²) in [6.45, 7) is 3.33. The largest absolute Gasteiger partial charge is 0.390 e. The fourth-order valence-electron chi connectivity index (χ4n) is 2.49. The molecule has 2 rings (SSSR count). The zero-order chi connectivity index (χ0) is 15.6. The fraction of sp³-hybridized carbons (Fsp3) is 0.500. The SMILES string of the molecule is CC(=O)Nc1cccc(C(C)NC2CS(=O)(=O)CC2O)c1. The number of aliphatic hydroxyl groups is 1. The summed E-state index contributed by atoms with van der Waals surface area (Å²) in [6.07, 6.45) is -0.879. The molecule has 1 aromatic rings. The van der Waals surface area contributed by atoms with Gasteiger partial charge in [-0.1, -0.05) is 12.1 Å². The van der Waals surface area contributed by atoms with Crippen molar-refractivity contribution in [2.24, 2.45) is 0 Å². The molecule has 0 radical (unpaired) electrons. The van der Waals surface area contributed by atoms with Crippen molar-refractivity contribution in [2.45, 2.75) is 32.0 Å². The van der Waals surface area contributed by atoms with E-state index in [0.717, 1.165) is 5.56 Å². The van der Waals surface area contributed by atoms with Gasteiger partial charge < -0.3 is 15.7 Å². The molecule has 3 N–H and O–H groups in total. The van der Waals surface area contributed by atoms with Crippen molar-refractivity contribution in [3.8, 4) is 0 Å². The third kappa shape index (κ3) is 4.26. The molecule has 3 atom stereocenters. The molecular formula is C14H20N2O4S. The number of carbonyl (C=O) groups excluding carboxylic acids is 1. The predicted molar refractivity (Wildman–Crippen MR) is 80.7 cm³/mol. The van der Waals surface area contributed by atoms with Crippen LogP contribution in [0.3, 0.4) is 0 Å². The molecule has 3 unspecified atom stereocenters. The first-order valence-corrected chi connectivity index (χ1v) is 8.61. The highest BCUT2D eigenvalue weighted by molar-refractivity contribution is 7.91. The van der Waals surface area contributed by atoms with Gasteiger partial charge in [-0.25, -0.2) is 8.42 Å². The normalized spacial score (nSPS) is 25.5. The van der Waals surface area contributed by atoms with Crippen molar-refractivity contribution in [1.29, 1.82) is 0 Å². The fourth-order valence-corrected chi connectivity index (χ4v) is 4.25. The number of hydrogen-bond donors (Lipinski definition) is 3. The van der Waals surface area contributed by atoms with E-state index in [9.17, 15) is 18.3 Å². The van der Waals surface area contributed by atoms with Crippen LogP contribution in [-0.2, 0) is 14.6 Å². The second-order valence-electron chi connectivity index (χ2n) is 5.45. The number of hydrogen-bond acceptors (Lipinski definition) is 5. The molecule has 1 aliphatic rings. The minimum Gasteiger partial charge on any atom is -0.390 e. The van der Waals surface area contributed by atoms with Crippen LogP contribution in [0, 0.1) is 0 Å². The average Bonchev–Trinajstić information content (AvgIpc) is 2.61. The van der Waals surface area contributed by atoms with Crippen molar-refractivity contribution < 1.29 is 18.3 Å². The third-order valence-corrected chi connectivity index (χ3v) is 5.21. The van der Waals surface area contributed by atoms with Gasteiger partial charge in [-0.15, -0.1) is 0 Å². The lowest BCUT2D eigenvalue weighted by Crippen LogP contribution is -2.40.